The highest BCUT2D eigenvalue weighted by atomic mass is 79.9. The normalized spacial score (nSPS) is 12.9. The Labute approximate surface area is 226 Å². The van der Waals surface area contributed by atoms with Crippen LogP contribution in [0.4, 0.5) is 10.1 Å². The maximum atomic E-state index is 13.5. The number of fused-ring (bicyclic) bond motifs is 1. The van der Waals surface area contributed by atoms with Gasteiger partial charge in [0.2, 0.25) is 0 Å². The van der Waals surface area contributed by atoms with E-state index in [9.17, 15) is 27.2 Å². The van der Waals surface area contributed by atoms with Crippen molar-refractivity contribution in [3.8, 4) is 5.75 Å². The number of carbonyl (C=O) groups excluding carboxylic acids is 3. The van der Waals surface area contributed by atoms with Crippen molar-refractivity contribution in [2.45, 2.75) is 18.2 Å². The van der Waals surface area contributed by atoms with Crippen molar-refractivity contribution in [2.24, 2.45) is 0 Å². The first-order chi connectivity index (χ1) is 18.1. The van der Waals surface area contributed by atoms with Gasteiger partial charge in [-0.05, 0) is 64.3 Å². The molecule has 0 saturated carbocycles. The molecule has 4 rings (SSSR count). The van der Waals surface area contributed by atoms with Gasteiger partial charge in [-0.1, -0.05) is 25.1 Å². The van der Waals surface area contributed by atoms with Crippen LogP contribution >= 0.6 is 15.9 Å². The molecule has 2 amide bonds. The first-order valence-electron chi connectivity index (χ1n) is 11.4. The number of rotatable bonds is 9. The molecular weight excluding hydrogens is 583 g/mol. The van der Waals surface area contributed by atoms with Crippen LogP contribution in [0.1, 0.15) is 43.6 Å². The van der Waals surface area contributed by atoms with Gasteiger partial charge in [-0.2, -0.15) is 0 Å². The van der Waals surface area contributed by atoms with Crippen molar-refractivity contribution >= 4 is 49.4 Å². The van der Waals surface area contributed by atoms with E-state index in [2.05, 4.69) is 20.7 Å². The second kappa shape index (κ2) is 10.9. The third-order valence-corrected chi connectivity index (χ3v) is 8.22. The molecule has 1 heterocycles. The van der Waals surface area contributed by atoms with E-state index < -0.39 is 33.6 Å². The van der Waals surface area contributed by atoms with Gasteiger partial charge in [-0.3, -0.25) is 19.2 Å². The van der Waals surface area contributed by atoms with Gasteiger partial charge in [0.05, 0.1) is 30.5 Å². The molecule has 0 spiro atoms. The lowest BCUT2D eigenvalue weighted by Crippen LogP contribution is -2.33. The fraction of sp³-hybridized carbons (Fsp3) is 0.192. The Balaban J connectivity index is 1.64. The first-order valence-corrected chi connectivity index (χ1v) is 13.7. The van der Waals surface area contributed by atoms with Gasteiger partial charge in [0.25, 0.3) is 21.8 Å². The maximum Gasteiger partial charge on any atom is 0.343 e. The summed E-state index contributed by atoms with van der Waals surface area (Å²) >= 11 is 3.05. The number of amides is 2. The number of esters is 1. The van der Waals surface area contributed by atoms with E-state index in [0.717, 1.165) is 30.2 Å². The van der Waals surface area contributed by atoms with Gasteiger partial charge in [0.15, 0.2) is 0 Å². The molecule has 0 atom stereocenters. The summed E-state index contributed by atoms with van der Waals surface area (Å²) in [7, 11) is -3.13. The predicted molar refractivity (Wildman–Crippen MR) is 139 cm³/mol. The summed E-state index contributed by atoms with van der Waals surface area (Å²) in [6.07, 6.45) is 0.420. The highest BCUT2D eigenvalue weighted by Gasteiger charge is 2.35. The van der Waals surface area contributed by atoms with E-state index in [1.165, 1.54) is 6.07 Å². The minimum atomic E-state index is -4.26. The Hall–Kier alpha value is -3.77. The number of benzene rings is 3. The molecule has 1 N–H and O–H groups in total. The zero-order valence-electron chi connectivity index (χ0n) is 20.3. The molecule has 3 aromatic carbocycles. The monoisotopic (exact) mass is 604 g/mol. The standard InChI is InChI=1S/C26H22BrFN2O7S/c1-3-15-8-10-20(29-38(34,35)21-11-9-16(28)14-19(21)27)22(26(33)36-2)23(15)37-13-12-30-24(31)17-6-4-5-7-18(17)25(30)32/h4-11,14,29H,3,12-13H2,1-2H3. The third-order valence-electron chi connectivity index (χ3n) is 5.88. The zero-order chi connectivity index (χ0) is 27.6. The number of halogens is 2. The number of methoxy groups -OCH3 is 1. The lowest BCUT2D eigenvalue weighted by molar-refractivity contribution is 0.0583. The summed E-state index contributed by atoms with van der Waals surface area (Å²) in [4.78, 5) is 38.9. The highest BCUT2D eigenvalue weighted by Crippen LogP contribution is 2.35. The van der Waals surface area contributed by atoms with E-state index in [0.29, 0.717) is 23.1 Å². The van der Waals surface area contributed by atoms with E-state index >= 15 is 0 Å². The van der Waals surface area contributed by atoms with Crippen molar-refractivity contribution in [3.63, 3.8) is 0 Å². The van der Waals surface area contributed by atoms with Gasteiger partial charge >= 0.3 is 5.97 Å². The van der Waals surface area contributed by atoms with E-state index in [1.807, 2.05) is 6.92 Å². The fourth-order valence-electron chi connectivity index (χ4n) is 4.03. The minimum Gasteiger partial charge on any atom is -0.490 e. The zero-order valence-corrected chi connectivity index (χ0v) is 22.7. The second-order valence-corrected chi connectivity index (χ2v) is 10.7. The summed E-state index contributed by atoms with van der Waals surface area (Å²) < 4.78 is 52.8. The molecule has 0 aliphatic carbocycles. The van der Waals surface area contributed by atoms with Crippen molar-refractivity contribution in [2.75, 3.05) is 25.0 Å². The summed E-state index contributed by atoms with van der Waals surface area (Å²) in [5.74, 6) is -2.36. The topological polar surface area (TPSA) is 119 Å². The van der Waals surface area contributed by atoms with Crippen LogP contribution < -0.4 is 9.46 Å². The molecule has 3 aromatic rings. The molecule has 198 valence electrons. The highest BCUT2D eigenvalue weighted by molar-refractivity contribution is 9.10. The van der Waals surface area contributed by atoms with Crippen molar-refractivity contribution in [1.29, 1.82) is 0 Å². The van der Waals surface area contributed by atoms with Gasteiger partial charge in [0, 0.05) is 4.47 Å². The van der Waals surface area contributed by atoms with Gasteiger partial charge in [-0.25, -0.2) is 17.6 Å². The molecule has 1 aliphatic rings. The molecule has 0 saturated heterocycles. The third kappa shape index (κ3) is 5.14. The quantitative estimate of drug-likeness (QED) is 0.284. The largest absolute Gasteiger partial charge is 0.490 e. The van der Waals surface area contributed by atoms with Crippen molar-refractivity contribution in [1.82, 2.24) is 4.90 Å². The summed E-state index contributed by atoms with van der Waals surface area (Å²) in [5, 5.41) is 0. The number of nitrogens with zero attached hydrogens (tertiary/aromatic N) is 1. The number of anilines is 1. The van der Waals surface area contributed by atoms with Crippen molar-refractivity contribution < 1.29 is 36.7 Å². The number of sulfonamides is 1. The Morgan fingerprint density at radius 1 is 1.05 bits per heavy atom. The molecule has 9 nitrogen and oxygen atoms in total. The summed E-state index contributed by atoms with van der Waals surface area (Å²) in [6, 6.07) is 12.5. The number of carbonyl (C=O) groups is 3. The first kappa shape index (κ1) is 27.3. The molecule has 0 bridgehead atoms. The number of aryl methyl sites for hydroxylation is 1. The Kier molecular flexibility index (Phi) is 7.83. The molecular formula is C26H22BrFN2O7S. The summed E-state index contributed by atoms with van der Waals surface area (Å²) in [5.41, 5.74) is 0.853. The van der Waals surface area contributed by atoms with Crippen LogP contribution in [-0.2, 0) is 21.2 Å². The van der Waals surface area contributed by atoms with Gasteiger partial charge < -0.3 is 9.47 Å². The van der Waals surface area contributed by atoms with Crippen LogP contribution in [0.25, 0.3) is 0 Å². The fourth-order valence-corrected chi connectivity index (χ4v) is 6.16. The van der Waals surface area contributed by atoms with Crippen LogP contribution in [0.2, 0.25) is 0 Å². The lowest BCUT2D eigenvalue weighted by Gasteiger charge is -2.20. The predicted octanol–water partition coefficient (Wildman–Crippen LogP) is 4.41. The number of imide groups is 1. The van der Waals surface area contributed by atoms with E-state index in [-0.39, 0.29) is 39.5 Å². The number of nitrogens with one attached hydrogen (secondary N) is 1. The molecule has 38 heavy (non-hydrogen) atoms. The van der Waals surface area contributed by atoms with E-state index in [1.54, 1.807) is 30.3 Å². The Morgan fingerprint density at radius 3 is 2.29 bits per heavy atom. The molecule has 12 heteroatoms. The summed E-state index contributed by atoms with van der Waals surface area (Å²) in [6.45, 7) is 1.55. The smallest absolute Gasteiger partial charge is 0.343 e. The van der Waals surface area contributed by atoms with Crippen molar-refractivity contribution in [3.05, 3.63) is 87.1 Å². The molecule has 0 radical (unpaired) electrons. The maximum absolute atomic E-state index is 13.5. The Bertz CT molecular complexity index is 1520. The number of hydrogen-bond donors (Lipinski definition) is 1. The molecule has 0 aromatic heterocycles. The molecule has 0 unspecified atom stereocenters. The SMILES string of the molecule is CCc1ccc(NS(=O)(=O)c2ccc(F)cc2Br)c(C(=O)OC)c1OCCN1C(=O)c2ccccc2C1=O. The Morgan fingerprint density at radius 2 is 1.71 bits per heavy atom. The second-order valence-electron chi connectivity index (χ2n) is 8.16. The van der Waals surface area contributed by atoms with Crippen LogP contribution in [-0.4, -0.2) is 51.4 Å². The van der Waals surface area contributed by atoms with Crippen LogP contribution in [0.5, 0.6) is 5.75 Å². The number of ether oxygens (including phenoxy) is 2. The van der Waals surface area contributed by atoms with Gasteiger partial charge in [-0.15, -0.1) is 0 Å². The minimum absolute atomic E-state index is 0.00721. The average Bonchev–Trinajstić information content (AvgIpc) is 3.13. The molecule has 0 fully saturated rings. The van der Waals surface area contributed by atoms with Crippen LogP contribution in [0.3, 0.4) is 0 Å². The van der Waals surface area contributed by atoms with Gasteiger partial charge in [0.1, 0.15) is 28.6 Å². The molecule has 1 aliphatic heterocycles. The van der Waals surface area contributed by atoms with E-state index in [4.69, 9.17) is 9.47 Å². The lowest BCUT2D eigenvalue weighted by atomic mass is 10.0. The van der Waals surface area contributed by atoms with Crippen LogP contribution in [0.15, 0.2) is 64.0 Å². The van der Waals surface area contributed by atoms with Crippen LogP contribution in [0, 0.1) is 5.82 Å². The average molecular weight is 605 g/mol. The number of hydrogen-bond acceptors (Lipinski definition) is 7.